The van der Waals surface area contributed by atoms with Gasteiger partial charge in [0.2, 0.25) is 0 Å². The average molecular weight is 597 g/mol. The first-order chi connectivity index (χ1) is 23.2. The van der Waals surface area contributed by atoms with Gasteiger partial charge in [-0.1, -0.05) is 170 Å². The molecule has 9 aromatic carbocycles. The van der Waals surface area contributed by atoms with E-state index < -0.39 is 0 Å². The first-order valence-electron chi connectivity index (χ1n) is 16.4. The summed E-state index contributed by atoms with van der Waals surface area (Å²) in [6.45, 7) is 2.26. The van der Waals surface area contributed by atoms with Crippen LogP contribution in [0.5, 0.6) is 0 Å². The summed E-state index contributed by atoms with van der Waals surface area (Å²) in [5.41, 5.74) is 11.4. The molecule has 220 valence electrons. The Hall–Kier alpha value is -5.98. The molecule has 0 N–H and O–H groups in total. The van der Waals surface area contributed by atoms with Gasteiger partial charge in [0.05, 0.1) is 0 Å². The fourth-order valence-corrected chi connectivity index (χ4v) is 7.52. The molecule has 0 unspecified atom stereocenters. The molecule has 0 aliphatic heterocycles. The van der Waals surface area contributed by atoms with Crippen LogP contribution < -0.4 is 0 Å². The van der Waals surface area contributed by atoms with Crippen molar-refractivity contribution in [3.8, 4) is 44.5 Å². The van der Waals surface area contributed by atoms with Gasteiger partial charge in [-0.2, -0.15) is 0 Å². The molecule has 0 saturated heterocycles. The molecular formula is C47H32. The number of fused-ring (bicyclic) bond motifs is 4. The Labute approximate surface area is 275 Å². The highest BCUT2D eigenvalue weighted by Gasteiger charge is 2.18. The van der Waals surface area contributed by atoms with Crippen molar-refractivity contribution < 1.29 is 0 Å². The number of hydrogen-bond donors (Lipinski definition) is 0. The van der Waals surface area contributed by atoms with Crippen LogP contribution in [0.15, 0.2) is 176 Å². The van der Waals surface area contributed by atoms with Gasteiger partial charge >= 0.3 is 0 Å². The Balaban J connectivity index is 1.20. The molecule has 0 aliphatic carbocycles. The first-order valence-corrected chi connectivity index (χ1v) is 16.4. The summed E-state index contributed by atoms with van der Waals surface area (Å²) in [6.07, 6.45) is 0. The van der Waals surface area contributed by atoms with Crippen molar-refractivity contribution in [1.29, 1.82) is 0 Å². The molecule has 9 aromatic rings. The molecule has 47 heavy (non-hydrogen) atoms. The van der Waals surface area contributed by atoms with Crippen LogP contribution in [-0.4, -0.2) is 0 Å². The van der Waals surface area contributed by atoms with Crippen LogP contribution in [0, 0.1) is 6.92 Å². The van der Waals surface area contributed by atoms with Crippen molar-refractivity contribution in [3.63, 3.8) is 0 Å². The molecule has 0 radical (unpaired) electrons. The van der Waals surface area contributed by atoms with E-state index in [-0.39, 0.29) is 0 Å². The lowest BCUT2D eigenvalue weighted by Gasteiger charge is -2.19. The smallest absolute Gasteiger partial charge is 0.00237 e. The zero-order chi connectivity index (χ0) is 31.3. The highest BCUT2D eigenvalue weighted by atomic mass is 14.2. The Bertz CT molecular complexity index is 2560. The predicted molar refractivity (Wildman–Crippen MR) is 203 cm³/mol. The Morgan fingerprint density at radius 1 is 0.277 bits per heavy atom. The van der Waals surface area contributed by atoms with Crippen molar-refractivity contribution in [2.24, 2.45) is 0 Å². The van der Waals surface area contributed by atoms with Crippen molar-refractivity contribution in [2.75, 3.05) is 0 Å². The fraction of sp³-hybridized carbons (Fsp3) is 0.0213. The minimum absolute atomic E-state index is 1.23. The van der Waals surface area contributed by atoms with Crippen molar-refractivity contribution >= 4 is 43.1 Å². The Morgan fingerprint density at radius 3 is 1.47 bits per heavy atom. The molecule has 0 spiro atoms. The molecule has 0 heterocycles. The summed E-state index contributed by atoms with van der Waals surface area (Å²) in [5, 5.41) is 10.2. The normalized spacial score (nSPS) is 11.5. The number of benzene rings is 9. The molecule has 0 bridgehead atoms. The lowest BCUT2D eigenvalue weighted by Crippen LogP contribution is -1.93. The van der Waals surface area contributed by atoms with E-state index in [9.17, 15) is 0 Å². The van der Waals surface area contributed by atoms with E-state index in [1.165, 1.54) is 93.2 Å². The minimum Gasteiger partial charge on any atom is -0.0616 e. The topological polar surface area (TPSA) is 0 Å². The summed E-state index contributed by atoms with van der Waals surface area (Å²) >= 11 is 0. The predicted octanol–water partition coefficient (Wildman–Crippen LogP) is 13.3. The summed E-state index contributed by atoms with van der Waals surface area (Å²) in [5.74, 6) is 0. The van der Waals surface area contributed by atoms with Gasteiger partial charge in [0, 0.05) is 0 Å². The van der Waals surface area contributed by atoms with Crippen molar-refractivity contribution in [2.45, 2.75) is 6.92 Å². The molecule has 0 aliphatic rings. The zero-order valence-electron chi connectivity index (χ0n) is 26.2. The highest BCUT2D eigenvalue weighted by Crippen LogP contribution is 2.45. The third kappa shape index (κ3) is 4.61. The van der Waals surface area contributed by atoms with Gasteiger partial charge in [-0.3, -0.25) is 0 Å². The molecular weight excluding hydrogens is 565 g/mol. The molecule has 0 aromatic heterocycles. The van der Waals surface area contributed by atoms with Crippen LogP contribution in [0.3, 0.4) is 0 Å². The SMILES string of the molecule is Cc1cc(-c2cccc3ccccc23)ccc1-c1c2ccccc2c(-c2ccc(-c3ccc4ccccc4c3)cc2)c2ccccc12. The summed E-state index contributed by atoms with van der Waals surface area (Å²) in [7, 11) is 0. The standard InChI is InChI=1S/C47H32/c1-31-29-38(41-20-10-14-34-12-4-5-15-40(34)41)27-28-39(31)47-44-18-8-6-16-42(44)46(43-17-7-9-19-45(43)47)35-24-21-33(22-25-35)37-26-23-32-11-2-3-13-36(32)30-37/h2-30H,1H3. The second kappa shape index (κ2) is 11.1. The lowest BCUT2D eigenvalue weighted by molar-refractivity contribution is 1.47. The van der Waals surface area contributed by atoms with Crippen LogP contribution in [0.25, 0.3) is 87.6 Å². The second-order valence-corrected chi connectivity index (χ2v) is 12.5. The summed E-state index contributed by atoms with van der Waals surface area (Å²) < 4.78 is 0. The lowest BCUT2D eigenvalue weighted by atomic mass is 9.84. The van der Waals surface area contributed by atoms with Crippen LogP contribution in [0.2, 0.25) is 0 Å². The van der Waals surface area contributed by atoms with Gasteiger partial charge in [-0.05, 0) is 106 Å². The third-order valence-corrected chi connectivity index (χ3v) is 9.78. The van der Waals surface area contributed by atoms with Gasteiger partial charge in [0.1, 0.15) is 0 Å². The Kier molecular flexibility index (Phi) is 6.47. The van der Waals surface area contributed by atoms with E-state index in [0.29, 0.717) is 0 Å². The number of hydrogen-bond acceptors (Lipinski definition) is 0. The summed E-state index contributed by atoms with van der Waals surface area (Å²) in [6, 6.07) is 64.5. The monoisotopic (exact) mass is 596 g/mol. The van der Waals surface area contributed by atoms with Crippen LogP contribution in [-0.2, 0) is 0 Å². The Morgan fingerprint density at radius 2 is 0.787 bits per heavy atom. The molecule has 0 saturated carbocycles. The maximum Gasteiger partial charge on any atom is -0.00237 e. The van der Waals surface area contributed by atoms with Crippen LogP contribution in [0.4, 0.5) is 0 Å². The summed E-state index contributed by atoms with van der Waals surface area (Å²) in [4.78, 5) is 0. The minimum atomic E-state index is 1.23. The largest absolute Gasteiger partial charge is 0.0616 e. The molecule has 0 atom stereocenters. The van der Waals surface area contributed by atoms with E-state index in [2.05, 4.69) is 183 Å². The van der Waals surface area contributed by atoms with E-state index in [1.807, 2.05) is 0 Å². The zero-order valence-corrected chi connectivity index (χ0v) is 26.2. The fourth-order valence-electron chi connectivity index (χ4n) is 7.52. The third-order valence-electron chi connectivity index (χ3n) is 9.78. The van der Waals surface area contributed by atoms with Crippen molar-refractivity contribution in [3.05, 3.63) is 181 Å². The van der Waals surface area contributed by atoms with E-state index in [1.54, 1.807) is 0 Å². The first kappa shape index (κ1) is 27.3. The second-order valence-electron chi connectivity index (χ2n) is 12.5. The molecule has 0 amide bonds. The molecule has 0 nitrogen and oxygen atoms in total. The van der Waals surface area contributed by atoms with Gasteiger partial charge in [0.15, 0.2) is 0 Å². The van der Waals surface area contributed by atoms with Gasteiger partial charge < -0.3 is 0 Å². The van der Waals surface area contributed by atoms with Crippen LogP contribution in [0.1, 0.15) is 5.56 Å². The van der Waals surface area contributed by atoms with E-state index in [4.69, 9.17) is 0 Å². The van der Waals surface area contributed by atoms with Gasteiger partial charge in [-0.25, -0.2) is 0 Å². The molecule has 9 rings (SSSR count). The maximum atomic E-state index is 2.36. The number of aryl methyl sites for hydroxylation is 1. The van der Waals surface area contributed by atoms with Gasteiger partial charge in [-0.15, -0.1) is 0 Å². The van der Waals surface area contributed by atoms with E-state index in [0.717, 1.165) is 0 Å². The number of rotatable bonds is 4. The average Bonchev–Trinajstić information content (AvgIpc) is 3.14. The maximum absolute atomic E-state index is 2.36. The molecule has 0 heteroatoms. The van der Waals surface area contributed by atoms with Crippen LogP contribution >= 0.6 is 0 Å². The highest BCUT2D eigenvalue weighted by molar-refractivity contribution is 6.21. The van der Waals surface area contributed by atoms with E-state index >= 15 is 0 Å². The van der Waals surface area contributed by atoms with Gasteiger partial charge in [0.25, 0.3) is 0 Å². The quantitative estimate of drug-likeness (QED) is 0.177. The molecule has 0 fully saturated rings. The van der Waals surface area contributed by atoms with Crippen molar-refractivity contribution in [1.82, 2.24) is 0 Å².